The third-order valence-corrected chi connectivity index (χ3v) is 4.50. The lowest BCUT2D eigenvalue weighted by Crippen LogP contribution is -2.25. The molecule has 2 fully saturated rings. The van der Waals surface area contributed by atoms with Gasteiger partial charge in [-0.15, -0.1) is 0 Å². The summed E-state index contributed by atoms with van der Waals surface area (Å²) in [6.07, 6.45) is 2.02. The molecule has 0 bridgehead atoms. The van der Waals surface area contributed by atoms with Crippen LogP contribution in [-0.4, -0.2) is 34.3 Å². The number of H-pyrrole nitrogens is 1. The van der Waals surface area contributed by atoms with Gasteiger partial charge in [0.1, 0.15) is 0 Å². The highest BCUT2D eigenvalue weighted by Gasteiger charge is 2.42. The van der Waals surface area contributed by atoms with E-state index in [1.54, 1.807) is 0 Å². The smallest absolute Gasteiger partial charge is 0.203 e. The van der Waals surface area contributed by atoms with Crippen molar-refractivity contribution in [2.45, 2.75) is 18.9 Å². The first-order valence-corrected chi connectivity index (χ1v) is 6.69. The molecule has 1 aromatic heterocycles. The highest BCUT2D eigenvalue weighted by molar-refractivity contribution is 5.77. The summed E-state index contributed by atoms with van der Waals surface area (Å²) in [5.74, 6) is 2.05. The highest BCUT2D eigenvalue weighted by Crippen LogP contribution is 2.39. The van der Waals surface area contributed by atoms with E-state index in [1.807, 2.05) is 18.2 Å². The Bertz CT molecular complexity index is 546. The summed E-state index contributed by atoms with van der Waals surface area (Å²) in [4.78, 5) is 10.3. The Morgan fingerprint density at radius 1 is 1.22 bits per heavy atom. The summed E-state index contributed by atoms with van der Waals surface area (Å²) in [6.45, 7) is 1.97. The molecule has 18 heavy (non-hydrogen) atoms. The molecule has 4 heteroatoms. The Morgan fingerprint density at radius 2 is 2.11 bits per heavy atom. The number of aliphatic hydroxyl groups is 1. The van der Waals surface area contributed by atoms with Crippen LogP contribution in [0.2, 0.25) is 0 Å². The number of benzene rings is 1. The van der Waals surface area contributed by atoms with Crippen LogP contribution in [0.4, 0.5) is 5.95 Å². The lowest BCUT2D eigenvalue weighted by molar-refractivity contribution is 0.133. The van der Waals surface area contributed by atoms with Crippen molar-refractivity contribution in [3.63, 3.8) is 0 Å². The van der Waals surface area contributed by atoms with Gasteiger partial charge in [0.25, 0.3) is 0 Å². The number of rotatable bonds is 1. The second-order valence-electron chi connectivity index (χ2n) is 5.55. The van der Waals surface area contributed by atoms with Crippen LogP contribution in [0.25, 0.3) is 11.0 Å². The summed E-state index contributed by atoms with van der Waals surface area (Å²) in [6, 6.07) is 8.11. The first-order chi connectivity index (χ1) is 8.81. The van der Waals surface area contributed by atoms with E-state index in [1.165, 1.54) is 0 Å². The zero-order valence-corrected chi connectivity index (χ0v) is 10.2. The first kappa shape index (κ1) is 10.4. The Balaban J connectivity index is 1.64. The van der Waals surface area contributed by atoms with Crippen molar-refractivity contribution >= 4 is 17.0 Å². The van der Waals surface area contributed by atoms with Gasteiger partial charge in [0.2, 0.25) is 5.95 Å². The van der Waals surface area contributed by atoms with Crippen molar-refractivity contribution in [1.82, 2.24) is 9.97 Å². The number of para-hydroxylation sites is 2. The molecule has 4 rings (SSSR count). The minimum atomic E-state index is -0.107. The van der Waals surface area contributed by atoms with Gasteiger partial charge in [-0.3, -0.25) is 0 Å². The molecule has 1 aliphatic heterocycles. The Hall–Kier alpha value is -1.55. The normalized spacial score (nSPS) is 31.2. The number of anilines is 1. The topological polar surface area (TPSA) is 52.1 Å². The summed E-state index contributed by atoms with van der Waals surface area (Å²) in [7, 11) is 0. The quantitative estimate of drug-likeness (QED) is 0.802. The fourth-order valence-electron chi connectivity index (χ4n) is 3.50. The maximum Gasteiger partial charge on any atom is 0.203 e. The van der Waals surface area contributed by atoms with Crippen molar-refractivity contribution in [3.8, 4) is 0 Å². The molecule has 2 heterocycles. The lowest BCUT2D eigenvalue weighted by Gasteiger charge is -2.16. The van der Waals surface area contributed by atoms with Gasteiger partial charge in [0.05, 0.1) is 17.1 Å². The van der Waals surface area contributed by atoms with Crippen LogP contribution in [-0.2, 0) is 0 Å². The number of hydrogen-bond donors (Lipinski definition) is 2. The van der Waals surface area contributed by atoms with Crippen LogP contribution < -0.4 is 4.90 Å². The van der Waals surface area contributed by atoms with E-state index in [0.717, 1.165) is 42.9 Å². The molecule has 3 unspecified atom stereocenters. The monoisotopic (exact) mass is 243 g/mol. The van der Waals surface area contributed by atoms with Crippen LogP contribution in [0, 0.1) is 11.8 Å². The van der Waals surface area contributed by atoms with Crippen molar-refractivity contribution in [2.24, 2.45) is 11.8 Å². The van der Waals surface area contributed by atoms with Crippen molar-refractivity contribution in [3.05, 3.63) is 24.3 Å². The molecule has 0 amide bonds. The number of fused-ring (bicyclic) bond motifs is 2. The Morgan fingerprint density at radius 3 is 2.94 bits per heavy atom. The van der Waals surface area contributed by atoms with E-state index >= 15 is 0 Å². The minimum absolute atomic E-state index is 0.107. The van der Waals surface area contributed by atoms with Crippen LogP contribution in [0.15, 0.2) is 24.3 Å². The van der Waals surface area contributed by atoms with Crippen molar-refractivity contribution in [1.29, 1.82) is 0 Å². The third-order valence-electron chi connectivity index (χ3n) is 4.50. The Labute approximate surface area is 106 Å². The van der Waals surface area contributed by atoms with Crippen LogP contribution in [0.3, 0.4) is 0 Å². The molecule has 1 saturated carbocycles. The number of nitrogens with zero attached hydrogens (tertiary/aromatic N) is 2. The van der Waals surface area contributed by atoms with Gasteiger partial charge in [-0.25, -0.2) is 4.98 Å². The van der Waals surface area contributed by atoms with Crippen LogP contribution >= 0.6 is 0 Å². The van der Waals surface area contributed by atoms with E-state index in [4.69, 9.17) is 0 Å². The van der Waals surface area contributed by atoms with Gasteiger partial charge in [-0.2, -0.15) is 0 Å². The zero-order valence-electron chi connectivity index (χ0n) is 10.2. The fourth-order valence-corrected chi connectivity index (χ4v) is 3.50. The molecule has 0 radical (unpaired) electrons. The van der Waals surface area contributed by atoms with Gasteiger partial charge >= 0.3 is 0 Å². The number of nitrogens with one attached hydrogen (secondary N) is 1. The summed E-state index contributed by atoms with van der Waals surface area (Å²) in [5, 5.41) is 9.95. The van der Waals surface area contributed by atoms with E-state index in [-0.39, 0.29) is 6.10 Å². The molecule has 1 aliphatic carbocycles. The van der Waals surface area contributed by atoms with Crippen LogP contribution in [0.5, 0.6) is 0 Å². The van der Waals surface area contributed by atoms with Gasteiger partial charge in [-0.1, -0.05) is 12.1 Å². The summed E-state index contributed by atoms with van der Waals surface area (Å²) in [5.41, 5.74) is 2.11. The number of aromatic nitrogens is 2. The lowest BCUT2D eigenvalue weighted by atomic mass is 10.00. The van der Waals surface area contributed by atoms with Crippen molar-refractivity contribution < 1.29 is 5.11 Å². The third kappa shape index (κ3) is 1.45. The summed E-state index contributed by atoms with van der Waals surface area (Å²) < 4.78 is 0. The second kappa shape index (κ2) is 3.72. The molecule has 94 valence electrons. The standard InChI is InChI=1S/C14H17N3O/c18-13-6-5-9-7-17(8-10(9)13)14-15-11-3-1-2-4-12(11)16-14/h1-4,9-10,13,18H,5-8H2,(H,15,16). The van der Waals surface area contributed by atoms with Gasteiger partial charge in [0.15, 0.2) is 0 Å². The van der Waals surface area contributed by atoms with E-state index < -0.39 is 0 Å². The summed E-state index contributed by atoms with van der Waals surface area (Å²) >= 11 is 0. The number of aromatic amines is 1. The molecular weight excluding hydrogens is 226 g/mol. The highest BCUT2D eigenvalue weighted by atomic mass is 16.3. The van der Waals surface area contributed by atoms with E-state index in [0.29, 0.717) is 11.8 Å². The average Bonchev–Trinajstić information content (AvgIpc) is 3.04. The molecule has 2 aliphatic rings. The van der Waals surface area contributed by atoms with Crippen LogP contribution in [0.1, 0.15) is 12.8 Å². The predicted octanol–water partition coefficient (Wildman–Crippen LogP) is 1.77. The van der Waals surface area contributed by atoms with Gasteiger partial charge < -0.3 is 15.0 Å². The SMILES string of the molecule is OC1CCC2CN(c3nc4ccccc4[nH]3)CC12. The molecule has 0 spiro atoms. The first-order valence-electron chi connectivity index (χ1n) is 6.69. The predicted molar refractivity (Wildman–Crippen MR) is 70.5 cm³/mol. The molecular formula is C14H17N3O. The molecule has 1 saturated heterocycles. The molecule has 2 aromatic rings. The average molecular weight is 243 g/mol. The van der Waals surface area contributed by atoms with Gasteiger partial charge in [0, 0.05) is 19.0 Å². The maximum atomic E-state index is 9.95. The number of hydrogen-bond acceptors (Lipinski definition) is 3. The molecule has 2 N–H and O–H groups in total. The number of aliphatic hydroxyl groups excluding tert-OH is 1. The zero-order chi connectivity index (χ0) is 12.1. The largest absolute Gasteiger partial charge is 0.393 e. The second-order valence-corrected chi connectivity index (χ2v) is 5.55. The molecule has 4 nitrogen and oxygen atoms in total. The molecule has 3 atom stereocenters. The molecule has 1 aromatic carbocycles. The van der Waals surface area contributed by atoms with Crippen molar-refractivity contribution in [2.75, 3.05) is 18.0 Å². The fraction of sp³-hybridized carbons (Fsp3) is 0.500. The van der Waals surface area contributed by atoms with Gasteiger partial charge in [-0.05, 0) is 30.9 Å². The van der Waals surface area contributed by atoms with E-state index in [2.05, 4.69) is 20.9 Å². The maximum absolute atomic E-state index is 9.95. The number of imidazole rings is 1. The van der Waals surface area contributed by atoms with E-state index in [9.17, 15) is 5.11 Å². The Kier molecular flexibility index (Phi) is 2.14. The minimum Gasteiger partial charge on any atom is -0.393 e.